The van der Waals surface area contributed by atoms with Crippen LogP contribution < -0.4 is 0 Å². The highest BCUT2D eigenvalue weighted by atomic mass is 35.5. The molecule has 3 aromatic rings. The molecule has 1 heterocycles. The number of carbonyl (C=O) groups excluding carboxylic acids is 1. The first-order valence-corrected chi connectivity index (χ1v) is 8.24. The molecule has 1 aromatic heterocycles. The number of halogens is 1. The molecule has 0 bridgehead atoms. The number of fused-ring (bicyclic) bond motifs is 1. The maximum Gasteiger partial charge on any atom is 0.255 e. The van der Waals surface area contributed by atoms with E-state index in [9.17, 15) is 4.79 Å². The maximum atomic E-state index is 13.0. The molecule has 0 radical (unpaired) electrons. The molecule has 0 spiro atoms. The van der Waals surface area contributed by atoms with Crippen molar-refractivity contribution in [3.63, 3.8) is 0 Å². The summed E-state index contributed by atoms with van der Waals surface area (Å²) >= 11 is 6.06. The summed E-state index contributed by atoms with van der Waals surface area (Å²) < 4.78 is 0. The minimum atomic E-state index is -0.0433. The largest absolute Gasteiger partial charge is 0.335 e. The molecule has 0 saturated carbocycles. The molecule has 0 aliphatic heterocycles. The van der Waals surface area contributed by atoms with Crippen LogP contribution in [0.3, 0.4) is 0 Å². The molecule has 2 aromatic carbocycles. The quantitative estimate of drug-likeness (QED) is 0.671. The van der Waals surface area contributed by atoms with Crippen LogP contribution >= 0.6 is 11.6 Å². The number of benzene rings is 2. The fourth-order valence-corrected chi connectivity index (χ4v) is 2.96. The Morgan fingerprint density at radius 3 is 2.54 bits per heavy atom. The van der Waals surface area contributed by atoms with Gasteiger partial charge in [-0.3, -0.25) is 9.78 Å². The van der Waals surface area contributed by atoms with E-state index in [4.69, 9.17) is 11.6 Å². The number of aromatic nitrogens is 1. The van der Waals surface area contributed by atoms with E-state index in [1.165, 1.54) is 0 Å². The van der Waals surface area contributed by atoms with Gasteiger partial charge in [-0.05, 0) is 43.7 Å². The first kappa shape index (κ1) is 16.5. The van der Waals surface area contributed by atoms with E-state index in [0.717, 1.165) is 22.2 Å². The SMILES string of the molecule is Cc1nc2ccc(Cl)cc2cc1C(=O)N(C)[C@H](C)c1ccccc1. The molecule has 0 aliphatic rings. The van der Waals surface area contributed by atoms with Crippen LogP contribution in [-0.2, 0) is 0 Å². The van der Waals surface area contributed by atoms with Crippen molar-refractivity contribution in [3.8, 4) is 0 Å². The first-order valence-electron chi connectivity index (χ1n) is 7.86. The zero-order chi connectivity index (χ0) is 17.3. The van der Waals surface area contributed by atoms with Crippen LogP contribution in [0.1, 0.15) is 34.6 Å². The molecular formula is C20H19ClN2O. The summed E-state index contributed by atoms with van der Waals surface area (Å²) in [5.74, 6) is -0.0433. The van der Waals surface area contributed by atoms with Gasteiger partial charge in [0.15, 0.2) is 0 Å². The Kier molecular flexibility index (Phi) is 4.54. The van der Waals surface area contributed by atoms with E-state index in [-0.39, 0.29) is 11.9 Å². The molecular weight excluding hydrogens is 320 g/mol. The fraction of sp³-hybridized carbons (Fsp3) is 0.200. The van der Waals surface area contributed by atoms with Crippen molar-refractivity contribution in [1.82, 2.24) is 9.88 Å². The van der Waals surface area contributed by atoms with Crippen LogP contribution in [0.15, 0.2) is 54.6 Å². The number of hydrogen-bond acceptors (Lipinski definition) is 2. The second-order valence-electron chi connectivity index (χ2n) is 5.96. The van der Waals surface area contributed by atoms with Gasteiger partial charge in [0, 0.05) is 17.5 Å². The summed E-state index contributed by atoms with van der Waals surface area (Å²) in [5.41, 5.74) is 3.27. The third-order valence-electron chi connectivity index (χ3n) is 4.38. The van der Waals surface area contributed by atoms with E-state index < -0.39 is 0 Å². The predicted molar refractivity (Wildman–Crippen MR) is 98.4 cm³/mol. The van der Waals surface area contributed by atoms with Crippen molar-refractivity contribution >= 4 is 28.4 Å². The number of nitrogens with zero attached hydrogens (tertiary/aromatic N) is 2. The van der Waals surface area contributed by atoms with Crippen molar-refractivity contribution < 1.29 is 4.79 Å². The lowest BCUT2D eigenvalue weighted by Gasteiger charge is -2.26. The van der Waals surface area contributed by atoms with Crippen LogP contribution in [0.2, 0.25) is 5.02 Å². The van der Waals surface area contributed by atoms with E-state index in [1.807, 2.05) is 69.4 Å². The second kappa shape index (κ2) is 6.62. The molecule has 3 nitrogen and oxygen atoms in total. The van der Waals surface area contributed by atoms with Gasteiger partial charge in [-0.15, -0.1) is 0 Å². The lowest BCUT2D eigenvalue weighted by atomic mass is 10.0. The van der Waals surface area contributed by atoms with Crippen molar-refractivity contribution in [2.75, 3.05) is 7.05 Å². The Bertz CT molecular complexity index is 893. The number of pyridine rings is 1. The standard InChI is InChI=1S/C20H19ClN2O/c1-13-18(12-16-11-17(21)9-10-19(16)22-13)20(24)23(3)14(2)15-7-5-4-6-8-15/h4-12,14H,1-3H3/t14-/m1/s1. The molecule has 1 amide bonds. The average molecular weight is 339 g/mol. The van der Waals surface area contributed by atoms with E-state index in [1.54, 1.807) is 11.0 Å². The number of aryl methyl sites for hydroxylation is 1. The molecule has 3 rings (SSSR count). The second-order valence-corrected chi connectivity index (χ2v) is 6.40. The normalized spacial score (nSPS) is 12.2. The lowest BCUT2D eigenvalue weighted by Crippen LogP contribution is -2.30. The van der Waals surface area contributed by atoms with Crippen molar-refractivity contribution in [2.45, 2.75) is 19.9 Å². The van der Waals surface area contributed by atoms with Gasteiger partial charge in [-0.25, -0.2) is 0 Å². The van der Waals surface area contributed by atoms with Gasteiger partial charge in [0.2, 0.25) is 0 Å². The summed E-state index contributed by atoms with van der Waals surface area (Å²) in [5, 5.41) is 1.51. The van der Waals surface area contributed by atoms with Crippen LogP contribution in [0, 0.1) is 6.92 Å². The highest BCUT2D eigenvalue weighted by Crippen LogP contribution is 2.24. The van der Waals surface area contributed by atoms with Crippen LogP contribution in [0.25, 0.3) is 10.9 Å². The number of amides is 1. The average Bonchev–Trinajstić information content (AvgIpc) is 2.60. The van der Waals surface area contributed by atoms with E-state index in [2.05, 4.69) is 4.98 Å². The molecule has 0 saturated heterocycles. The lowest BCUT2D eigenvalue weighted by molar-refractivity contribution is 0.0741. The van der Waals surface area contributed by atoms with Crippen molar-refractivity contribution in [3.05, 3.63) is 76.4 Å². The summed E-state index contributed by atoms with van der Waals surface area (Å²) in [6, 6.07) is 17.4. The third kappa shape index (κ3) is 3.13. The minimum Gasteiger partial charge on any atom is -0.335 e. The van der Waals surface area contributed by atoms with Gasteiger partial charge < -0.3 is 4.90 Å². The Hall–Kier alpha value is -2.39. The van der Waals surface area contributed by atoms with Crippen LogP contribution in [0.4, 0.5) is 0 Å². The van der Waals surface area contributed by atoms with Crippen molar-refractivity contribution in [1.29, 1.82) is 0 Å². The van der Waals surface area contributed by atoms with Gasteiger partial charge in [-0.1, -0.05) is 41.9 Å². The fourth-order valence-electron chi connectivity index (χ4n) is 2.78. The maximum absolute atomic E-state index is 13.0. The molecule has 1 atom stereocenters. The first-order chi connectivity index (χ1) is 11.5. The summed E-state index contributed by atoms with van der Waals surface area (Å²) in [7, 11) is 1.82. The van der Waals surface area contributed by atoms with Gasteiger partial charge in [0.05, 0.1) is 22.8 Å². The smallest absolute Gasteiger partial charge is 0.255 e. The monoisotopic (exact) mass is 338 g/mol. The third-order valence-corrected chi connectivity index (χ3v) is 4.62. The molecule has 4 heteroatoms. The highest BCUT2D eigenvalue weighted by Gasteiger charge is 2.21. The highest BCUT2D eigenvalue weighted by molar-refractivity contribution is 6.31. The van der Waals surface area contributed by atoms with Crippen molar-refractivity contribution in [2.24, 2.45) is 0 Å². The van der Waals surface area contributed by atoms with E-state index in [0.29, 0.717) is 10.6 Å². The molecule has 0 unspecified atom stereocenters. The Labute approximate surface area is 146 Å². The zero-order valence-electron chi connectivity index (χ0n) is 14.0. The van der Waals surface area contributed by atoms with Gasteiger partial charge in [-0.2, -0.15) is 0 Å². The molecule has 0 aliphatic carbocycles. The molecule has 24 heavy (non-hydrogen) atoms. The number of rotatable bonds is 3. The molecule has 0 fully saturated rings. The number of carbonyl (C=O) groups is 1. The van der Waals surface area contributed by atoms with Gasteiger partial charge >= 0.3 is 0 Å². The predicted octanol–water partition coefficient (Wildman–Crippen LogP) is 5.03. The zero-order valence-corrected chi connectivity index (χ0v) is 14.7. The van der Waals surface area contributed by atoms with E-state index >= 15 is 0 Å². The Morgan fingerprint density at radius 1 is 1.12 bits per heavy atom. The molecule has 122 valence electrons. The number of hydrogen-bond donors (Lipinski definition) is 0. The molecule has 0 N–H and O–H groups in total. The minimum absolute atomic E-state index is 0.0202. The summed E-state index contributed by atoms with van der Waals surface area (Å²) in [4.78, 5) is 19.3. The topological polar surface area (TPSA) is 33.2 Å². The van der Waals surface area contributed by atoms with Gasteiger partial charge in [0.1, 0.15) is 0 Å². The van der Waals surface area contributed by atoms with Crippen LogP contribution in [-0.4, -0.2) is 22.8 Å². The summed E-state index contributed by atoms with van der Waals surface area (Å²) in [6.07, 6.45) is 0. The Morgan fingerprint density at radius 2 is 1.83 bits per heavy atom. The Balaban J connectivity index is 1.97. The van der Waals surface area contributed by atoms with Crippen LogP contribution in [0.5, 0.6) is 0 Å². The summed E-state index contributed by atoms with van der Waals surface area (Å²) in [6.45, 7) is 3.89. The van der Waals surface area contributed by atoms with Gasteiger partial charge in [0.25, 0.3) is 5.91 Å².